The van der Waals surface area contributed by atoms with Gasteiger partial charge in [0.15, 0.2) is 0 Å². The number of likely N-dealkylation sites (tertiary alicyclic amines) is 1. The van der Waals surface area contributed by atoms with Gasteiger partial charge >= 0.3 is 12.0 Å². The molecule has 2 amide bonds. The lowest BCUT2D eigenvalue weighted by molar-refractivity contribution is -0.142. The molecule has 0 aromatic carbocycles. The van der Waals surface area contributed by atoms with Gasteiger partial charge in [0.1, 0.15) is 5.76 Å². The highest BCUT2D eigenvalue weighted by atomic mass is 16.4. The molecular weight excluding hydrogens is 260 g/mol. The highest BCUT2D eigenvalue weighted by molar-refractivity contribution is 5.77. The summed E-state index contributed by atoms with van der Waals surface area (Å²) < 4.78 is 5.25. The molecule has 6 heteroatoms. The Morgan fingerprint density at radius 1 is 1.50 bits per heavy atom. The van der Waals surface area contributed by atoms with Gasteiger partial charge in [0, 0.05) is 19.6 Å². The number of carbonyl (C=O) groups is 2. The lowest BCUT2D eigenvalue weighted by Crippen LogP contribution is -2.42. The molecule has 20 heavy (non-hydrogen) atoms. The molecule has 2 unspecified atom stereocenters. The summed E-state index contributed by atoms with van der Waals surface area (Å²) in [5.41, 5.74) is 0. The summed E-state index contributed by atoms with van der Waals surface area (Å²) in [6, 6.07) is 3.48. The van der Waals surface area contributed by atoms with E-state index in [1.54, 1.807) is 22.1 Å². The lowest BCUT2D eigenvalue weighted by atomic mass is 9.99. The Balaban J connectivity index is 2.01. The zero-order valence-electron chi connectivity index (χ0n) is 11.8. The number of furan rings is 1. The molecule has 1 N–H and O–H groups in total. The molecule has 0 radical (unpaired) electrons. The molecule has 6 nitrogen and oxygen atoms in total. The number of hydrogen-bond donors (Lipinski definition) is 1. The Morgan fingerprint density at radius 3 is 2.75 bits per heavy atom. The van der Waals surface area contributed by atoms with Gasteiger partial charge < -0.3 is 19.3 Å². The second-order valence-corrected chi connectivity index (χ2v) is 5.20. The molecule has 110 valence electrons. The number of aliphatic carboxylic acids is 1. The average Bonchev–Trinajstić information content (AvgIpc) is 3.04. The van der Waals surface area contributed by atoms with Gasteiger partial charge in [-0.2, -0.15) is 0 Å². The van der Waals surface area contributed by atoms with E-state index in [2.05, 4.69) is 0 Å². The number of carboxylic acids is 1. The topological polar surface area (TPSA) is 74.0 Å². The zero-order valence-corrected chi connectivity index (χ0v) is 11.8. The maximum Gasteiger partial charge on any atom is 0.320 e. The van der Waals surface area contributed by atoms with Crippen LogP contribution in [0.4, 0.5) is 4.79 Å². The second-order valence-electron chi connectivity index (χ2n) is 5.20. The quantitative estimate of drug-likeness (QED) is 0.913. The van der Waals surface area contributed by atoms with Crippen LogP contribution in [0.3, 0.4) is 0 Å². The number of carboxylic acid groups (broad SMARTS) is 1. The molecule has 0 saturated carbocycles. The van der Waals surface area contributed by atoms with Crippen molar-refractivity contribution >= 4 is 12.0 Å². The molecule has 1 aliphatic rings. The van der Waals surface area contributed by atoms with Crippen LogP contribution in [0.25, 0.3) is 0 Å². The molecule has 1 aromatic rings. The predicted octanol–water partition coefficient (Wildman–Crippen LogP) is 1.87. The number of rotatable bonds is 4. The maximum absolute atomic E-state index is 12.4. The summed E-state index contributed by atoms with van der Waals surface area (Å²) in [5.74, 6) is -0.593. The maximum atomic E-state index is 12.4. The van der Waals surface area contributed by atoms with E-state index in [9.17, 15) is 9.59 Å². The minimum absolute atomic E-state index is 0.0150. The summed E-state index contributed by atoms with van der Waals surface area (Å²) >= 11 is 0. The standard InChI is InChI=1S/C14H20N2O4/c1-3-15(8-11-5-4-6-20-11)14(19)16-7-10(2)12(9-16)13(17)18/h4-6,10,12H,3,7-9H2,1-2H3,(H,17,18). The number of amides is 2. The molecule has 2 atom stereocenters. The number of urea groups is 1. The van der Waals surface area contributed by atoms with E-state index in [-0.39, 0.29) is 18.5 Å². The fourth-order valence-corrected chi connectivity index (χ4v) is 2.55. The Labute approximate surface area is 118 Å². The first-order valence-electron chi connectivity index (χ1n) is 6.82. The van der Waals surface area contributed by atoms with Crippen LogP contribution in [0, 0.1) is 11.8 Å². The Morgan fingerprint density at radius 2 is 2.25 bits per heavy atom. The van der Waals surface area contributed by atoms with Crippen molar-refractivity contribution in [3.8, 4) is 0 Å². The molecule has 1 aliphatic heterocycles. The van der Waals surface area contributed by atoms with Crippen molar-refractivity contribution in [3.63, 3.8) is 0 Å². The molecule has 2 rings (SSSR count). The Hall–Kier alpha value is -1.98. The van der Waals surface area contributed by atoms with Gasteiger partial charge in [-0.1, -0.05) is 6.92 Å². The molecule has 0 spiro atoms. The smallest absolute Gasteiger partial charge is 0.320 e. The highest BCUT2D eigenvalue weighted by Crippen LogP contribution is 2.24. The van der Waals surface area contributed by atoms with E-state index in [1.165, 1.54) is 0 Å². The summed E-state index contributed by atoms with van der Waals surface area (Å²) in [5, 5.41) is 9.12. The first kappa shape index (κ1) is 14.4. The van der Waals surface area contributed by atoms with Crippen LogP contribution in [-0.2, 0) is 11.3 Å². The van der Waals surface area contributed by atoms with Crippen LogP contribution in [0.1, 0.15) is 19.6 Å². The van der Waals surface area contributed by atoms with E-state index < -0.39 is 11.9 Å². The first-order chi connectivity index (χ1) is 9.52. The van der Waals surface area contributed by atoms with Crippen molar-refractivity contribution in [2.45, 2.75) is 20.4 Å². The normalized spacial score (nSPS) is 22.0. The largest absolute Gasteiger partial charge is 0.481 e. The van der Waals surface area contributed by atoms with Crippen LogP contribution >= 0.6 is 0 Å². The van der Waals surface area contributed by atoms with Gasteiger partial charge in [0.25, 0.3) is 0 Å². The molecule has 0 bridgehead atoms. The van der Waals surface area contributed by atoms with Gasteiger partial charge in [0.2, 0.25) is 0 Å². The third kappa shape index (κ3) is 2.95. The van der Waals surface area contributed by atoms with E-state index in [0.717, 1.165) is 5.76 Å². The van der Waals surface area contributed by atoms with Gasteiger partial charge in [0.05, 0.1) is 18.7 Å². The van der Waals surface area contributed by atoms with Gasteiger partial charge in [-0.25, -0.2) is 4.79 Å². The minimum atomic E-state index is -0.832. The van der Waals surface area contributed by atoms with E-state index in [4.69, 9.17) is 9.52 Å². The Bertz CT molecular complexity index is 472. The third-order valence-electron chi connectivity index (χ3n) is 3.78. The van der Waals surface area contributed by atoms with Crippen molar-refractivity contribution < 1.29 is 19.1 Å². The fraction of sp³-hybridized carbons (Fsp3) is 0.571. The summed E-state index contributed by atoms with van der Waals surface area (Å²) in [4.78, 5) is 26.8. The van der Waals surface area contributed by atoms with E-state index >= 15 is 0 Å². The van der Waals surface area contributed by atoms with Crippen molar-refractivity contribution in [2.75, 3.05) is 19.6 Å². The molecular formula is C14H20N2O4. The van der Waals surface area contributed by atoms with Crippen molar-refractivity contribution in [2.24, 2.45) is 11.8 Å². The van der Waals surface area contributed by atoms with Gasteiger partial charge in [-0.15, -0.1) is 0 Å². The molecule has 1 saturated heterocycles. The van der Waals surface area contributed by atoms with Crippen LogP contribution in [-0.4, -0.2) is 46.5 Å². The summed E-state index contributed by atoms with van der Waals surface area (Å²) in [6.07, 6.45) is 1.58. The SMILES string of the molecule is CCN(Cc1ccco1)C(=O)N1CC(C)C(C(=O)O)C1. The molecule has 0 aliphatic carbocycles. The predicted molar refractivity (Wildman–Crippen MR) is 72.1 cm³/mol. The third-order valence-corrected chi connectivity index (χ3v) is 3.78. The molecule has 1 fully saturated rings. The second kappa shape index (κ2) is 5.98. The molecule has 2 heterocycles. The van der Waals surface area contributed by atoms with Gasteiger partial charge in [-0.05, 0) is 25.0 Å². The monoisotopic (exact) mass is 280 g/mol. The van der Waals surface area contributed by atoms with Crippen LogP contribution in [0.2, 0.25) is 0 Å². The summed E-state index contributed by atoms with van der Waals surface area (Å²) in [6.45, 7) is 5.51. The minimum Gasteiger partial charge on any atom is -0.481 e. The van der Waals surface area contributed by atoms with Crippen molar-refractivity contribution in [1.29, 1.82) is 0 Å². The highest BCUT2D eigenvalue weighted by Gasteiger charge is 2.38. The number of hydrogen-bond acceptors (Lipinski definition) is 3. The lowest BCUT2D eigenvalue weighted by Gasteiger charge is -2.26. The van der Waals surface area contributed by atoms with Gasteiger partial charge in [-0.3, -0.25) is 4.79 Å². The van der Waals surface area contributed by atoms with Crippen LogP contribution < -0.4 is 0 Å². The van der Waals surface area contributed by atoms with E-state index in [1.807, 2.05) is 19.9 Å². The Kier molecular flexibility index (Phi) is 4.32. The van der Waals surface area contributed by atoms with Crippen molar-refractivity contribution in [1.82, 2.24) is 9.80 Å². The summed E-state index contributed by atoms with van der Waals surface area (Å²) in [7, 11) is 0. The van der Waals surface area contributed by atoms with Crippen molar-refractivity contribution in [3.05, 3.63) is 24.2 Å². The van der Waals surface area contributed by atoms with Crippen LogP contribution in [0.15, 0.2) is 22.8 Å². The first-order valence-corrected chi connectivity index (χ1v) is 6.82. The molecule has 1 aromatic heterocycles. The van der Waals surface area contributed by atoms with Crippen LogP contribution in [0.5, 0.6) is 0 Å². The van der Waals surface area contributed by atoms with E-state index in [0.29, 0.717) is 19.6 Å². The average molecular weight is 280 g/mol. The fourth-order valence-electron chi connectivity index (χ4n) is 2.55. The number of nitrogens with zero attached hydrogens (tertiary/aromatic N) is 2. The number of carbonyl (C=O) groups excluding carboxylic acids is 1. The zero-order chi connectivity index (χ0) is 14.7.